The van der Waals surface area contributed by atoms with Gasteiger partial charge in [-0.05, 0) is 103 Å². The van der Waals surface area contributed by atoms with Crippen LogP contribution >= 0.6 is 0 Å². The maximum absolute atomic E-state index is 11.0. The average Bonchev–Trinajstić information content (AvgIpc) is 3.36. The van der Waals surface area contributed by atoms with Crippen molar-refractivity contribution in [2.45, 2.75) is 0 Å². The lowest BCUT2D eigenvalue weighted by molar-refractivity contribution is 1.45. The first-order valence-electron chi connectivity index (χ1n) is 20.2. The lowest BCUT2D eigenvalue weighted by Crippen LogP contribution is -2.05. The van der Waals surface area contributed by atoms with Gasteiger partial charge in [-0.1, -0.05) is 170 Å². The quantitative estimate of drug-likeness (QED) is 0.153. The van der Waals surface area contributed by atoms with Crippen molar-refractivity contribution in [1.82, 2.24) is 0 Å². The van der Waals surface area contributed by atoms with Gasteiger partial charge in [-0.2, -0.15) is 21.0 Å². The Bertz CT molecular complexity index is 3080. The molecule has 0 heterocycles. The Labute approximate surface area is 361 Å². The second kappa shape index (κ2) is 17.0. The SMILES string of the molecule is N#Cc1ccc(-c2c(-c3ccc(C#N)cc3)c(-c3ccccc3-c3ccccc3)c(-c3ccccc3C#N)c(-c3ccccc3C#N)c2-c2ccccc2-c2ccccc2)cc1. The molecule has 0 unspecified atom stereocenters. The molecule has 0 saturated carbocycles. The van der Waals surface area contributed by atoms with Crippen LogP contribution in [0.15, 0.2) is 206 Å². The molecular formula is C58H34N4. The van der Waals surface area contributed by atoms with E-state index >= 15 is 0 Å². The molecule has 0 amide bonds. The lowest BCUT2D eigenvalue weighted by atomic mass is 9.71. The van der Waals surface area contributed by atoms with E-state index in [1.807, 2.05) is 158 Å². The summed E-state index contributed by atoms with van der Waals surface area (Å²) < 4.78 is 0. The van der Waals surface area contributed by atoms with E-state index in [2.05, 4.69) is 72.8 Å². The van der Waals surface area contributed by atoms with Gasteiger partial charge in [0.05, 0.1) is 46.5 Å². The van der Waals surface area contributed by atoms with Gasteiger partial charge in [0.25, 0.3) is 0 Å². The highest BCUT2D eigenvalue weighted by Crippen LogP contribution is 2.58. The topological polar surface area (TPSA) is 95.2 Å². The summed E-state index contributed by atoms with van der Waals surface area (Å²) in [6.45, 7) is 0. The molecule has 9 aromatic carbocycles. The Balaban J connectivity index is 1.66. The Hall–Kier alpha value is -9.06. The monoisotopic (exact) mass is 786 g/mol. The van der Waals surface area contributed by atoms with Crippen molar-refractivity contribution < 1.29 is 0 Å². The van der Waals surface area contributed by atoms with Gasteiger partial charge >= 0.3 is 0 Å². The molecule has 0 aliphatic rings. The van der Waals surface area contributed by atoms with Crippen molar-refractivity contribution in [3.8, 4) is 113 Å². The molecule has 286 valence electrons. The van der Waals surface area contributed by atoms with E-state index in [0.717, 1.165) is 77.9 Å². The van der Waals surface area contributed by atoms with Crippen LogP contribution in [0.4, 0.5) is 0 Å². The van der Waals surface area contributed by atoms with Crippen LogP contribution in [0.1, 0.15) is 22.3 Å². The van der Waals surface area contributed by atoms with Crippen LogP contribution in [-0.2, 0) is 0 Å². The van der Waals surface area contributed by atoms with Crippen molar-refractivity contribution in [3.63, 3.8) is 0 Å². The third-order valence-corrected chi connectivity index (χ3v) is 11.3. The Morgan fingerprint density at radius 2 is 0.500 bits per heavy atom. The van der Waals surface area contributed by atoms with Crippen LogP contribution in [0.2, 0.25) is 0 Å². The third-order valence-electron chi connectivity index (χ3n) is 11.3. The molecular weight excluding hydrogens is 753 g/mol. The molecule has 0 fully saturated rings. The number of rotatable bonds is 8. The molecule has 0 aromatic heterocycles. The Kier molecular flexibility index (Phi) is 10.6. The predicted octanol–water partition coefficient (Wildman–Crippen LogP) is 14.5. The summed E-state index contributed by atoms with van der Waals surface area (Å²) in [4.78, 5) is 0. The summed E-state index contributed by atoms with van der Waals surface area (Å²) in [6.07, 6.45) is 0. The van der Waals surface area contributed by atoms with E-state index < -0.39 is 0 Å². The number of nitriles is 4. The second-order valence-corrected chi connectivity index (χ2v) is 14.8. The summed E-state index contributed by atoms with van der Waals surface area (Å²) in [5.41, 5.74) is 15.8. The molecule has 0 aliphatic heterocycles. The molecule has 4 nitrogen and oxygen atoms in total. The van der Waals surface area contributed by atoms with Crippen molar-refractivity contribution in [2.75, 3.05) is 0 Å². The molecule has 0 aliphatic carbocycles. The lowest BCUT2D eigenvalue weighted by Gasteiger charge is -2.30. The molecule has 62 heavy (non-hydrogen) atoms. The Morgan fingerprint density at radius 1 is 0.210 bits per heavy atom. The van der Waals surface area contributed by atoms with Gasteiger partial charge in [0.15, 0.2) is 0 Å². The zero-order valence-electron chi connectivity index (χ0n) is 33.4. The van der Waals surface area contributed by atoms with Gasteiger partial charge in [0.2, 0.25) is 0 Å². The van der Waals surface area contributed by atoms with Crippen LogP contribution in [0.25, 0.3) is 89.0 Å². The number of nitrogens with zero attached hydrogens (tertiary/aromatic N) is 4. The second-order valence-electron chi connectivity index (χ2n) is 14.8. The zero-order chi connectivity index (χ0) is 42.4. The summed E-state index contributed by atoms with van der Waals surface area (Å²) in [5, 5.41) is 42.0. The average molecular weight is 787 g/mol. The van der Waals surface area contributed by atoms with E-state index in [-0.39, 0.29) is 0 Å². The smallest absolute Gasteiger partial charge is 0.0998 e. The normalized spacial score (nSPS) is 10.5. The minimum absolute atomic E-state index is 0.473. The maximum atomic E-state index is 11.0. The largest absolute Gasteiger partial charge is 0.192 e. The fraction of sp³-hybridized carbons (Fsp3) is 0. The standard InChI is InChI=1S/C58H34N4/c59-35-39-27-31-43(32-28-39)53-54(44-33-29-40(36-60)30-34-44)58(52-26-14-12-22-48(52)42-17-5-2-6-18-42)56(50-24-10-8-20-46(50)38-62)55(49-23-9-7-19-45(49)37-61)57(53)51-25-13-11-21-47(51)41-15-3-1-4-16-41/h1-34H. The summed E-state index contributed by atoms with van der Waals surface area (Å²) in [7, 11) is 0. The van der Waals surface area contributed by atoms with Crippen LogP contribution in [0, 0.1) is 45.3 Å². The molecule has 4 heteroatoms. The molecule has 0 bridgehead atoms. The van der Waals surface area contributed by atoms with E-state index in [1.165, 1.54) is 0 Å². The van der Waals surface area contributed by atoms with Gasteiger partial charge in [0, 0.05) is 22.3 Å². The van der Waals surface area contributed by atoms with Gasteiger partial charge in [0.1, 0.15) is 0 Å². The minimum Gasteiger partial charge on any atom is -0.192 e. The summed E-state index contributed by atoms with van der Waals surface area (Å²) in [6, 6.07) is 77.5. The number of hydrogen-bond acceptors (Lipinski definition) is 4. The predicted molar refractivity (Wildman–Crippen MR) is 249 cm³/mol. The number of benzene rings is 9. The van der Waals surface area contributed by atoms with E-state index in [1.54, 1.807) is 0 Å². The van der Waals surface area contributed by atoms with Gasteiger partial charge < -0.3 is 0 Å². The van der Waals surface area contributed by atoms with Gasteiger partial charge in [-0.25, -0.2) is 0 Å². The Morgan fingerprint density at radius 3 is 0.839 bits per heavy atom. The van der Waals surface area contributed by atoms with Crippen molar-refractivity contribution in [3.05, 3.63) is 229 Å². The van der Waals surface area contributed by atoms with Crippen molar-refractivity contribution >= 4 is 0 Å². The highest BCUT2D eigenvalue weighted by atomic mass is 14.4. The fourth-order valence-electron chi connectivity index (χ4n) is 8.57. The zero-order valence-corrected chi connectivity index (χ0v) is 33.4. The van der Waals surface area contributed by atoms with E-state index in [4.69, 9.17) is 0 Å². The fourth-order valence-corrected chi connectivity index (χ4v) is 8.57. The third kappa shape index (κ3) is 6.98. The van der Waals surface area contributed by atoms with Crippen LogP contribution in [0.5, 0.6) is 0 Å². The van der Waals surface area contributed by atoms with Crippen LogP contribution in [0.3, 0.4) is 0 Å². The summed E-state index contributed by atoms with van der Waals surface area (Å²) in [5.74, 6) is 0. The molecule has 0 N–H and O–H groups in total. The van der Waals surface area contributed by atoms with E-state index in [0.29, 0.717) is 33.4 Å². The minimum atomic E-state index is 0.473. The molecule has 0 spiro atoms. The van der Waals surface area contributed by atoms with Gasteiger partial charge in [-0.15, -0.1) is 0 Å². The first-order valence-corrected chi connectivity index (χ1v) is 20.2. The molecule has 9 aromatic rings. The highest BCUT2D eigenvalue weighted by molar-refractivity contribution is 6.18. The first kappa shape index (κ1) is 38.5. The van der Waals surface area contributed by atoms with Crippen molar-refractivity contribution in [1.29, 1.82) is 21.0 Å². The van der Waals surface area contributed by atoms with E-state index in [9.17, 15) is 21.0 Å². The molecule has 0 radical (unpaired) electrons. The highest BCUT2D eigenvalue weighted by Gasteiger charge is 2.32. The van der Waals surface area contributed by atoms with Gasteiger partial charge in [-0.3, -0.25) is 0 Å². The maximum Gasteiger partial charge on any atom is 0.0998 e. The molecule has 0 saturated heterocycles. The van der Waals surface area contributed by atoms with Crippen LogP contribution < -0.4 is 0 Å². The first-order chi connectivity index (χ1) is 30.6. The van der Waals surface area contributed by atoms with Crippen molar-refractivity contribution in [2.24, 2.45) is 0 Å². The number of hydrogen-bond donors (Lipinski definition) is 0. The molecule has 9 rings (SSSR count). The van der Waals surface area contributed by atoms with Crippen LogP contribution in [-0.4, -0.2) is 0 Å². The molecule has 0 atom stereocenters. The summed E-state index contributed by atoms with van der Waals surface area (Å²) >= 11 is 0.